The highest BCUT2D eigenvalue weighted by atomic mass is 79.9. The third-order valence-corrected chi connectivity index (χ3v) is 3.51. The Morgan fingerprint density at radius 1 is 1.26 bits per heavy atom. The van der Waals surface area contributed by atoms with Crippen molar-refractivity contribution in [3.05, 3.63) is 58.3 Å². The molecule has 0 saturated carbocycles. The summed E-state index contributed by atoms with van der Waals surface area (Å²) >= 11 is 3.37. The Kier molecular flexibility index (Phi) is 4.32. The second-order valence-electron chi connectivity index (χ2n) is 4.22. The van der Waals surface area contributed by atoms with E-state index in [0.717, 1.165) is 5.69 Å². The molecule has 0 unspecified atom stereocenters. The number of rotatable bonds is 3. The zero-order valence-electron chi connectivity index (χ0n) is 10.9. The largest absolute Gasteiger partial charge is 0.307 e. The van der Waals surface area contributed by atoms with Gasteiger partial charge in [0, 0.05) is 22.9 Å². The molecule has 3 nitrogen and oxygen atoms in total. The maximum absolute atomic E-state index is 12.5. The Balaban J connectivity index is 2.35. The first-order valence-corrected chi connectivity index (χ1v) is 6.92. The average molecular weight is 319 g/mol. The van der Waals surface area contributed by atoms with Gasteiger partial charge in [-0.2, -0.15) is 0 Å². The Morgan fingerprint density at radius 3 is 2.53 bits per heavy atom. The maximum atomic E-state index is 12.5. The molecule has 0 aliphatic carbocycles. The van der Waals surface area contributed by atoms with Gasteiger partial charge < -0.3 is 4.90 Å². The van der Waals surface area contributed by atoms with Crippen molar-refractivity contribution in [3.63, 3.8) is 0 Å². The number of carbonyl (C=O) groups is 1. The van der Waals surface area contributed by atoms with Crippen LogP contribution in [0.3, 0.4) is 0 Å². The second-order valence-corrected chi connectivity index (χ2v) is 5.07. The van der Waals surface area contributed by atoms with Gasteiger partial charge in [0.15, 0.2) is 0 Å². The second kappa shape index (κ2) is 5.97. The van der Waals surface area contributed by atoms with Crippen LogP contribution in [0.4, 0.5) is 5.69 Å². The summed E-state index contributed by atoms with van der Waals surface area (Å²) in [5.74, 6) is -0.0983. The molecule has 19 heavy (non-hydrogen) atoms. The number of halogens is 1. The van der Waals surface area contributed by atoms with E-state index < -0.39 is 0 Å². The molecule has 98 valence electrons. The summed E-state index contributed by atoms with van der Waals surface area (Å²) in [6.07, 6.45) is 1.63. The highest BCUT2D eigenvalue weighted by molar-refractivity contribution is 9.10. The summed E-state index contributed by atoms with van der Waals surface area (Å²) in [5, 5.41) is 0. The van der Waals surface area contributed by atoms with Crippen molar-refractivity contribution in [2.24, 2.45) is 0 Å². The third-order valence-electron chi connectivity index (χ3n) is 2.87. The lowest BCUT2D eigenvalue weighted by atomic mass is 10.2. The van der Waals surface area contributed by atoms with Crippen molar-refractivity contribution in [2.75, 3.05) is 11.4 Å². The van der Waals surface area contributed by atoms with E-state index in [1.807, 2.05) is 44.2 Å². The van der Waals surface area contributed by atoms with Gasteiger partial charge >= 0.3 is 0 Å². The summed E-state index contributed by atoms with van der Waals surface area (Å²) in [6, 6.07) is 11.5. The molecule has 0 fully saturated rings. The van der Waals surface area contributed by atoms with Crippen LogP contribution < -0.4 is 4.90 Å². The molecule has 1 heterocycles. The summed E-state index contributed by atoms with van der Waals surface area (Å²) in [7, 11) is 0. The van der Waals surface area contributed by atoms with E-state index in [1.54, 1.807) is 17.2 Å². The smallest absolute Gasteiger partial charge is 0.278 e. The molecule has 2 aromatic rings. The van der Waals surface area contributed by atoms with Crippen molar-refractivity contribution < 1.29 is 4.79 Å². The van der Waals surface area contributed by atoms with Crippen LogP contribution in [0.2, 0.25) is 0 Å². The van der Waals surface area contributed by atoms with Crippen LogP contribution in [0.1, 0.15) is 23.0 Å². The summed E-state index contributed by atoms with van der Waals surface area (Å²) < 4.78 is 0.713. The Labute approximate surface area is 121 Å². The van der Waals surface area contributed by atoms with Crippen molar-refractivity contribution >= 4 is 27.5 Å². The van der Waals surface area contributed by atoms with Gasteiger partial charge in [0.25, 0.3) is 5.91 Å². The highest BCUT2D eigenvalue weighted by Crippen LogP contribution is 2.20. The van der Waals surface area contributed by atoms with Crippen LogP contribution in [-0.2, 0) is 0 Å². The number of pyridine rings is 1. The van der Waals surface area contributed by atoms with Crippen molar-refractivity contribution in [1.82, 2.24) is 4.98 Å². The minimum atomic E-state index is -0.0983. The van der Waals surface area contributed by atoms with Crippen molar-refractivity contribution in [2.45, 2.75) is 13.8 Å². The van der Waals surface area contributed by atoms with Crippen LogP contribution in [0.5, 0.6) is 0 Å². The first kappa shape index (κ1) is 13.7. The van der Waals surface area contributed by atoms with Crippen LogP contribution in [0.25, 0.3) is 0 Å². The highest BCUT2D eigenvalue weighted by Gasteiger charge is 2.19. The Bertz CT molecular complexity index is 581. The molecular formula is C15H15BrN2O. The summed E-state index contributed by atoms with van der Waals surface area (Å²) in [5.41, 5.74) is 2.49. The number of hydrogen-bond donors (Lipinski definition) is 0. The number of carbonyl (C=O) groups excluding carboxylic acids is 1. The van der Waals surface area contributed by atoms with E-state index in [0.29, 0.717) is 16.7 Å². The standard InChI is InChI=1S/C15H15BrN2O/c1-3-18(12-8-6-11(2)7-9-12)15(19)14-13(16)5-4-10-17-14/h4-10H,3H2,1-2H3. The monoisotopic (exact) mass is 318 g/mol. The van der Waals surface area contributed by atoms with Crippen LogP contribution in [0, 0.1) is 6.92 Å². The number of aromatic nitrogens is 1. The van der Waals surface area contributed by atoms with Gasteiger partial charge in [0.2, 0.25) is 0 Å². The van der Waals surface area contributed by atoms with Gasteiger partial charge in [-0.25, -0.2) is 4.98 Å². The zero-order valence-corrected chi connectivity index (χ0v) is 12.5. The molecule has 1 amide bonds. The van der Waals surface area contributed by atoms with Crippen LogP contribution >= 0.6 is 15.9 Å². The molecule has 0 spiro atoms. The number of hydrogen-bond acceptors (Lipinski definition) is 2. The predicted octanol–water partition coefficient (Wildman–Crippen LogP) is 3.82. The summed E-state index contributed by atoms with van der Waals surface area (Å²) in [4.78, 5) is 18.4. The number of benzene rings is 1. The van der Waals surface area contributed by atoms with Gasteiger partial charge in [-0.1, -0.05) is 17.7 Å². The van der Waals surface area contributed by atoms with Gasteiger partial charge in [0.05, 0.1) is 0 Å². The predicted molar refractivity (Wildman–Crippen MR) is 80.5 cm³/mol. The van der Waals surface area contributed by atoms with E-state index >= 15 is 0 Å². The SMILES string of the molecule is CCN(C(=O)c1ncccc1Br)c1ccc(C)cc1. The molecule has 0 aliphatic rings. The molecule has 0 saturated heterocycles. The molecule has 2 rings (SSSR count). The van der Waals surface area contributed by atoms with Gasteiger partial charge in [0.1, 0.15) is 5.69 Å². The molecule has 0 N–H and O–H groups in total. The molecule has 0 atom stereocenters. The fraction of sp³-hybridized carbons (Fsp3) is 0.200. The number of nitrogens with zero attached hydrogens (tertiary/aromatic N) is 2. The molecule has 1 aromatic heterocycles. The number of amides is 1. The van der Waals surface area contributed by atoms with Gasteiger partial charge in [-0.3, -0.25) is 4.79 Å². The van der Waals surface area contributed by atoms with Gasteiger partial charge in [-0.15, -0.1) is 0 Å². The maximum Gasteiger partial charge on any atom is 0.278 e. The lowest BCUT2D eigenvalue weighted by molar-refractivity contribution is 0.0982. The quantitative estimate of drug-likeness (QED) is 0.862. The fourth-order valence-electron chi connectivity index (χ4n) is 1.84. The fourth-order valence-corrected chi connectivity index (χ4v) is 2.26. The average Bonchev–Trinajstić information content (AvgIpc) is 2.42. The van der Waals surface area contributed by atoms with E-state index in [9.17, 15) is 4.79 Å². The molecule has 0 radical (unpaired) electrons. The normalized spacial score (nSPS) is 10.3. The Morgan fingerprint density at radius 2 is 1.95 bits per heavy atom. The number of anilines is 1. The summed E-state index contributed by atoms with van der Waals surface area (Å²) in [6.45, 7) is 4.58. The van der Waals surface area contributed by atoms with E-state index in [2.05, 4.69) is 20.9 Å². The first-order chi connectivity index (χ1) is 9.13. The number of aryl methyl sites for hydroxylation is 1. The zero-order chi connectivity index (χ0) is 13.8. The molecule has 0 aliphatic heterocycles. The lowest BCUT2D eigenvalue weighted by Gasteiger charge is -2.21. The van der Waals surface area contributed by atoms with E-state index in [1.165, 1.54) is 5.56 Å². The van der Waals surface area contributed by atoms with Crippen molar-refractivity contribution in [3.8, 4) is 0 Å². The molecule has 4 heteroatoms. The minimum Gasteiger partial charge on any atom is -0.307 e. The lowest BCUT2D eigenvalue weighted by Crippen LogP contribution is -2.31. The van der Waals surface area contributed by atoms with E-state index in [4.69, 9.17) is 0 Å². The van der Waals surface area contributed by atoms with Crippen molar-refractivity contribution in [1.29, 1.82) is 0 Å². The first-order valence-electron chi connectivity index (χ1n) is 6.12. The van der Waals surface area contributed by atoms with Gasteiger partial charge in [-0.05, 0) is 54.0 Å². The van der Waals surface area contributed by atoms with Crippen LogP contribution in [-0.4, -0.2) is 17.4 Å². The molecule has 1 aromatic carbocycles. The van der Waals surface area contributed by atoms with Crippen LogP contribution in [0.15, 0.2) is 47.1 Å². The van der Waals surface area contributed by atoms with E-state index in [-0.39, 0.29) is 5.91 Å². The third kappa shape index (κ3) is 3.01. The molecular weight excluding hydrogens is 304 g/mol. The molecule has 0 bridgehead atoms. The minimum absolute atomic E-state index is 0.0983. The Hall–Kier alpha value is -1.68. The topological polar surface area (TPSA) is 33.2 Å².